The number of rotatable bonds is 3. The van der Waals surface area contributed by atoms with E-state index in [0.29, 0.717) is 5.82 Å². The number of carboxylic acids is 1. The number of nitrogens with one attached hydrogen (secondary N) is 1. The van der Waals surface area contributed by atoms with E-state index in [1.807, 2.05) is 7.05 Å². The van der Waals surface area contributed by atoms with Crippen molar-refractivity contribution in [3.63, 3.8) is 0 Å². The first-order valence-corrected chi connectivity index (χ1v) is 5.58. The van der Waals surface area contributed by atoms with Crippen molar-refractivity contribution in [1.29, 1.82) is 0 Å². The summed E-state index contributed by atoms with van der Waals surface area (Å²) in [6.45, 7) is 3.33. The normalized spacial score (nSPS) is 17.3. The van der Waals surface area contributed by atoms with Gasteiger partial charge in [0.2, 0.25) is 0 Å². The predicted octanol–water partition coefficient (Wildman–Crippen LogP) is 0.349. The lowest BCUT2D eigenvalue weighted by atomic mass is 10.1. The molecule has 6 heteroatoms. The van der Waals surface area contributed by atoms with Crippen molar-refractivity contribution < 1.29 is 9.90 Å². The standard InChI is InChI=1S/C11H16N4O2/c1-7(11(16)17)14-10-8-5-15(2)4-3-9(8)12-6-13-10/h6-7H,3-5H2,1-2H3,(H,16,17)(H,12,13,14). The van der Waals surface area contributed by atoms with Crippen molar-refractivity contribution in [2.45, 2.75) is 25.9 Å². The molecule has 0 amide bonds. The molecule has 2 heterocycles. The van der Waals surface area contributed by atoms with Gasteiger partial charge in [-0.2, -0.15) is 0 Å². The van der Waals surface area contributed by atoms with Crippen LogP contribution in [0, 0.1) is 0 Å². The molecule has 0 aliphatic carbocycles. The summed E-state index contributed by atoms with van der Waals surface area (Å²) in [6, 6.07) is -0.652. The first-order valence-electron chi connectivity index (χ1n) is 5.58. The van der Waals surface area contributed by atoms with Crippen molar-refractivity contribution in [1.82, 2.24) is 14.9 Å². The van der Waals surface area contributed by atoms with Crippen LogP contribution in [-0.2, 0) is 17.8 Å². The molecule has 1 aliphatic rings. The van der Waals surface area contributed by atoms with Gasteiger partial charge in [0.15, 0.2) is 0 Å². The molecule has 0 radical (unpaired) electrons. The molecule has 1 atom stereocenters. The van der Waals surface area contributed by atoms with Crippen molar-refractivity contribution in [2.75, 3.05) is 18.9 Å². The lowest BCUT2D eigenvalue weighted by molar-refractivity contribution is -0.137. The maximum absolute atomic E-state index is 10.8. The zero-order chi connectivity index (χ0) is 12.4. The fraction of sp³-hybridized carbons (Fsp3) is 0.545. The van der Waals surface area contributed by atoms with Crippen LogP contribution in [0.25, 0.3) is 0 Å². The molecular weight excluding hydrogens is 220 g/mol. The number of hydrogen-bond donors (Lipinski definition) is 2. The van der Waals surface area contributed by atoms with Crippen molar-refractivity contribution in [2.24, 2.45) is 0 Å². The summed E-state index contributed by atoms with van der Waals surface area (Å²) in [7, 11) is 2.03. The predicted molar refractivity (Wildman–Crippen MR) is 62.8 cm³/mol. The maximum atomic E-state index is 10.8. The minimum absolute atomic E-state index is 0.636. The van der Waals surface area contributed by atoms with Gasteiger partial charge in [-0.1, -0.05) is 0 Å². The van der Waals surface area contributed by atoms with E-state index in [0.717, 1.165) is 30.8 Å². The number of anilines is 1. The lowest BCUT2D eigenvalue weighted by Crippen LogP contribution is -2.31. The molecule has 2 rings (SSSR count). The van der Waals surface area contributed by atoms with Crippen LogP contribution < -0.4 is 5.32 Å². The van der Waals surface area contributed by atoms with Crippen molar-refractivity contribution >= 4 is 11.8 Å². The van der Waals surface area contributed by atoms with E-state index in [1.165, 1.54) is 6.33 Å². The molecule has 2 N–H and O–H groups in total. The highest BCUT2D eigenvalue weighted by atomic mass is 16.4. The Hall–Kier alpha value is -1.69. The summed E-state index contributed by atoms with van der Waals surface area (Å²) in [5.41, 5.74) is 2.02. The van der Waals surface area contributed by atoms with E-state index in [2.05, 4.69) is 20.2 Å². The summed E-state index contributed by atoms with van der Waals surface area (Å²) < 4.78 is 0. The fourth-order valence-corrected chi connectivity index (χ4v) is 1.87. The van der Waals surface area contributed by atoms with Crippen LogP contribution in [0.15, 0.2) is 6.33 Å². The van der Waals surface area contributed by atoms with Gasteiger partial charge in [-0.25, -0.2) is 9.97 Å². The molecule has 1 aromatic rings. The van der Waals surface area contributed by atoms with Crippen LogP contribution in [0.1, 0.15) is 18.2 Å². The lowest BCUT2D eigenvalue weighted by Gasteiger charge is -2.26. The Morgan fingerprint density at radius 2 is 2.35 bits per heavy atom. The van der Waals surface area contributed by atoms with E-state index in [9.17, 15) is 4.79 Å². The Bertz CT molecular complexity index is 435. The highest BCUT2D eigenvalue weighted by Gasteiger charge is 2.20. The van der Waals surface area contributed by atoms with Gasteiger partial charge in [0, 0.05) is 25.1 Å². The second-order valence-corrected chi connectivity index (χ2v) is 4.34. The Kier molecular flexibility index (Phi) is 3.23. The van der Waals surface area contributed by atoms with E-state index < -0.39 is 12.0 Å². The Labute approximate surface area is 99.7 Å². The molecule has 0 saturated heterocycles. The van der Waals surface area contributed by atoms with Crippen LogP contribution in [0.3, 0.4) is 0 Å². The molecule has 0 fully saturated rings. The van der Waals surface area contributed by atoms with Gasteiger partial charge in [0.25, 0.3) is 0 Å². The van der Waals surface area contributed by atoms with Crippen molar-refractivity contribution in [3.05, 3.63) is 17.6 Å². The molecule has 1 unspecified atom stereocenters. The van der Waals surface area contributed by atoms with Gasteiger partial charge in [-0.3, -0.25) is 4.79 Å². The smallest absolute Gasteiger partial charge is 0.325 e. The zero-order valence-corrected chi connectivity index (χ0v) is 9.97. The van der Waals surface area contributed by atoms with E-state index in [4.69, 9.17) is 5.11 Å². The first kappa shape index (κ1) is 11.8. The van der Waals surface area contributed by atoms with E-state index in [-0.39, 0.29) is 0 Å². The third kappa shape index (κ3) is 2.52. The molecule has 0 spiro atoms. The Balaban J connectivity index is 2.26. The quantitative estimate of drug-likeness (QED) is 0.788. The molecule has 0 saturated carbocycles. The number of aromatic nitrogens is 2. The van der Waals surface area contributed by atoms with Gasteiger partial charge < -0.3 is 15.3 Å². The minimum atomic E-state index is -0.887. The van der Waals surface area contributed by atoms with Crippen LogP contribution in [0.2, 0.25) is 0 Å². The van der Waals surface area contributed by atoms with Gasteiger partial charge in [0.1, 0.15) is 18.2 Å². The summed E-state index contributed by atoms with van der Waals surface area (Å²) in [5.74, 6) is -0.252. The van der Waals surface area contributed by atoms with Crippen LogP contribution in [0.4, 0.5) is 5.82 Å². The number of carbonyl (C=O) groups is 1. The molecule has 0 bridgehead atoms. The largest absolute Gasteiger partial charge is 0.480 e. The number of fused-ring (bicyclic) bond motifs is 1. The number of aliphatic carboxylic acids is 1. The fourth-order valence-electron chi connectivity index (χ4n) is 1.87. The summed E-state index contributed by atoms with van der Waals surface area (Å²) >= 11 is 0. The Morgan fingerprint density at radius 1 is 1.59 bits per heavy atom. The second-order valence-electron chi connectivity index (χ2n) is 4.34. The number of likely N-dealkylation sites (N-methyl/N-ethyl adjacent to an activating group) is 1. The summed E-state index contributed by atoms with van der Waals surface area (Å²) in [4.78, 5) is 21.4. The molecule has 0 aromatic carbocycles. The van der Waals surface area contributed by atoms with Crippen LogP contribution in [0.5, 0.6) is 0 Å². The number of carboxylic acid groups (broad SMARTS) is 1. The first-order chi connectivity index (χ1) is 8.08. The number of hydrogen-bond acceptors (Lipinski definition) is 5. The average molecular weight is 236 g/mol. The third-order valence-electron chi connectivity index (χ3n) is 2.92. The highest BCUT2D eigenvalue weighted by molar-refractivity contribution is 5.76. The topological polar surface area (TPSA) is 78.4 Å². The van der Waals surface area contributed by atoms with Gasteiger partial charge >= 0.3 is 5.97 Å². The minimum Gasteiger partial charge on any atom is -0.480 e. The number of nitrogens with zero attached hydrogens (tertiary/aromatic N) is 3. The monoisotopic (exact) mass is 236 g/mol. The molecule has 1 aromatic heterocycles. The van der Waals surface area contributed by atoms with Crippen molar-refractivity contribution in [3.8, 4) is 0 Å². The summed E-state index contributed by atoms with van der Waals surface area (Å²) in [6.07, 6.45) is 2.37. The highest BCUT2D eigenvalue weighted by Crippen LogP contribution is 2.22. The van der Waals surface area contributed by atoms with E-state index in [1.54, 1.807) is 6.92 Å². The molecular formula is C11H16N4O2. The van der Waals surface area contributed by atoms with Gasteiger partial charge in [-0.15, -0.1) is 0 Å². The van der Waals surface area contributed by atoms with Crippen LogP contribution in [-0.4, -0.2) is 45.6 Å². The molecule has 1 aliphatic heterocycles. The average Bonchev–Trinajstić information content (AvgIpc) is 2.29. The third-order valence-corrected chi connectivity index (χ3v) is 2.92. The second kappa shape index (κ2) is 4.67. The molecule has 6 nitrogen and oxygen atoms in total. The van der Waals surface area contributed by atoms with Crippen LogP contribution >= 0.6 is 0 Å². The maximum Gasteiger partial charge on any atom is 0.325 e. The molecule has 17 heavy (non-hydrogen) atoms. The van der Waals surface area contributed by atoms with Gasteiger partial charge in [-0.05, 0) is 14.0 Å². The Morgan fingerprint density at radius 3 is 3.06 bits per heavy atom. The van der Waals surface area contributed by atoms with Gasteiger partial charge in [0.05, 0.1) is 5.69 Å². The molecule has 92 valence electrons. The zero-order valence-electron chi connectivity index (χ0n) is 9.97. The van der Waals surface area contributed by atoms with E-state index >= 15 is 0 Å². The summed E-state index contributed by atoms with van der Waals surface area (Å²) in [5, 5.41) is 11.8. The SMILES string of the molecule is CC(Nc1ncnc2c1CN(C)CC2)C(=O)O.